The summed E-state index contributed by atoms with van der Waals surface area (Å²) >= 11 is 0. The number of hydrogen-bond acceptors (Lipinski definition) is 4. The van der Waals surface area contributed by atoms with Crippen LogP contribution in [0.3, 0.4) is 0 Å². The van der Waals surface area contributed by atoms with Crippen molar-refractivity contribution in [1.29, 1.82) is 0 Å². The quantitative estimate of drug-likeness (QED) is 0.838. The number of aromatic nitrogens is 4. The summed E-state index contributed by atoms with van der Waals surface area (Å²) in [6.07, 6.45) is 2.51. The molecule has 1 aliphatic carbocycles. The largest absolute Gasteiger partial charge is 0.399 e. The van der Waals surface area contributed by atoms with Gasteiger partial charge in [-0.15, -0.1) is 5.10 Å². The van der Waals surface area contributed by atoms with E-state index in [0.29, 0.717) is 5.92 Å². The van der Waals surface area contributed by atoms with Gasteiger partial charge in [-0.05, 0) is 55.2 Å². The van der Waals surface area contributed by atoms with E-state index in [0.717, 1.165) is 17.1 Å². The number of rotatable bonds is 3. The van der Waals surface area contributed by atoms with Gasteiger partial charge in [0.2, 0.25) is 0 Å². The molecule has 1 aromatic heterocycles. The van der Waals surface area contributed by atoms with E-state index in [1.54, 1.807) is 0 Å². The number of anilines is 1. The lowest BCUT2D eigenvalue weighted by atomic mass is 9.98. The molecule has 1 heterocycles. The molecule has 1 fully saturated rings. The zero-order chi connectivity index (χ0) is 12.8. The first-order valence-electron chi connectivity index (χ1n) is 6.24. The summed E-state index contributed by atoms with van der Waals surface area (Å²) in [6.45, 7) is 4.38. The van der Waals surface area contributed by atoms with Crippen LogP contribution < -0.4 is 5.73 Å². The first-order chi connectivity index (χ1) is 8.59. The maximum atomic E-state index is 5.82. The standard InChI is InChI=1S/C13H17N5/c1-13(2,10-6-7-10)18-12(15-16-17-18)9-4-3-5-11(14)8-9/h3-5,8,10H,6-7,14H2,1-2H3. The lowest BCUT2D eigenvalue weighted by molar-refractivity contribution is 0.271. The average molecular weight is 243 g/mol. The highest BCUT2D eigenvalue weighted by Gasteiger charge is 2.41. The van der Waals surface area contributed by atoms with Crippen molar-refractivity contribution in [3.8, 4) is 11.4 Å². The third kappa shape index (κ3) is 1.75. The first kappa shape index (κ1) is 11.2. The summed E-state index contributed by atoms with van der Waals surface area (Å²) in [5.74, 6) is 1.46. The third-order valence-corrected chi connectivity index (χ3v) is 3.74. The molecule has 0 unspecified atom stereocenters. The Hall–Kier alpha value is -1.91. The molecule has 0 radical (unpaired) electrons. The van der Waals surface area contributed by atoms with E-state index in [-0.39, 0.29) is 5.54 Å². The van der Waals surface area contributed by atoms with Crippen molar-refractivity contribution in [3.05, 3.63) is 24.3 Å². The third-order valence-electron chi connectivity index (χ3n) is 3.74. The Kier molecular flexibility index (Phi) is 2.36. The Morgan fingerprint density at radius 2 is 2.11 bits per heavy atom. The molecule has 18 heavy (non-hydrogen) atoms. The molecular weight excluding hydrogens is 226 g/mol. The maximum Gasteiger partial charge on any atom is 0.182 e. The van der Waals surface area contributed by atoms with Gasteiger partial charge in [-0.1, -0.05) is 12.1 Å². The number of nitrogens with zero attached hydrogens (tertiary/aromatic N) is 4. The van der Waals surface area contributed by atoms with E-state index in [4.69, 9.17) is 5.73 Å². The van der Waals surface area contributed by atoms with Gasteiger partial charge in [-0.25, -0.2) is 4.68 Å². The van der Waals surface area contributed by atoms with Gasteiger partial charge in [0.05, 0.1) is 5.54 Å². The second-order valence-electron chi connectivity index (χ2n) is 5.47. The maximum absolute atomic E-state index is 5.82. The smallest absolute Gasteiger partial charge is 0.182 e. The van der Waals surface area contributed by atoms with Crippen LogP contribution in [0.4, 0.5) is 5.69 Å². The van der Waals surface area contributed by atoms with Crippen molar-refractivity contribution in [2.75, 3.05) is 5.73 Å². The Balaban J connectivity index is 2.06. The second-order valence-corrected chi connectivity index (χ2v) is 5.47. The molecule has 1 saturated carbocycles. The van der Waals surface area contributed by atoms with Gasteiger partial charge >= 0.3 is 0 Å². The van der Waals surface area contributed by atoms with Gasteiger partial charge in [0, 0.05) is 11.3 Å². The predicted octanol–water partition coefficient (Wildman–Crippen LogP) is 2.07. The van der Waals surface area contributed by atoms with Crippen LogP contribution in [0.15, 0.2) is 24.3 Å². The highest BCUT2D eigenvalue weighted by atomic mass is 15.6. The van der Waals surface area contributed by atoms with Crippen molar-refractivity contribution in [3.63, 3.8) is 0 Å². The molecule has 5 heteroatoms. The molecule has 0 atom stereocenters. The zero-order valence-corrected chi connectivity index (χ0v) is 10.7. The van der Waals surface area contributed by atoms with Crippen molar-refractivity contribution in [2.24, 2.45) is 5.92 Å². The lowest BCUT2D eigenvalue weighted by Gasteiger charge is -2.25. The Bertz CT molecular complexity index is 568. The molecule has 0 bridgehead atoms. The lowest BCUT2D eigenvalue weighted by Crippen LogP contribution is -2.30. The summed E-state index contributed by atoms with van der Waals surface area (Å²) in [6, 6.07) is 7.68. The van der Waals surface area contributed by atoms with Gasteiger partial charge in [0.15, 0.2) is 5.82 Å². The number of tetrazole rings is 1. The monoisotopic (exact) mass is 243 g/mol. The number of benzene rings is 1. The fourth-order valence-corrected chi connectivity index (χ4v) is 2.40. The molecule has 94 valence electrons. The average Bonchev–Trinajstić information content (AvgIpc) is 3.07. The molecule has 0 saturated heterocycles. The summed E-state index contributed by atoms with van der Waals surface area (Å²) in [5, 5.41) is 12.1. The van der Waals surface area contributed by atoms with Crippen LogP contribution >= 0.6 is 0 Å². The Morgan fingerprint density at radius 1 is 1.33 bits per heavy atom. The molecular formula is C13H17N5. The summed E-state index contributed by atoms with van der Waals surface area (Å²) in [5.41, 5.74) is 7.47. The summed E-state index contributed by atoms with van der Waals surface area (Å²) in [4.78, 5) is 0. The van der Waals surface area contributed by atoms with E-state index < -0.39 is 0 Å². The number of nitrogen functional groups attached to an aromatic ring is 1. The molecule has 1 aliphatic rings. The normalized spacial score (nSPS) is 15.9. The SMILES string of the molecule is CC(C)(C1CC1)n1nnnc1-c1cccc(N)c1. The highest BCUT2D eigenvalue weighted by molar-refractivity contribution is 5.60. The van der Waals surface area contributed by atoms with Crippen LogP contribution in [0.1, 0.15) is 26.7 Å². The van der Waals surface area contributed by atoms with Gasteiger partial charge in [0.25, 0.3) is 0 Å². The fraction of sp³-hybridized carbons (Fsp3) is 0.462. The number of hydrogen-bond donors (Lipinski definition) is 1. The topological polar surface area (TPSA) is 69.6 Å². The van der Waals surface area contributed by atoms with Gasteiger partial charge in [-0.2, -0.15) is 0 Å². The molecule has 3 rings (SSSR count). The number of nitrogens with two attached hydrogens (primary N) is 1. The van der Waals surface area contributed by atoms with Crippen LogP contribution in [0, 0.1) is 5.92 Å². The predicted molar refractivity (Wildman–Crippen MR) is 69.7 cm³/mol. The molecule has 0 spiro atoms. The Labute approximate surface area is 106 Å². The molecule has 5 nitrogen and oxygen atoms in total. The van der Waals surface area contributed by atoms with Crippen LogP contribution in [0.5, 0.6) is 0 Å². The van der Waals surface area contributed by atoms with Gasteiger partial charge < -0.3 is 5.73 Å². The highest BCUT2D eigenvalue weighted by Crippen LogP contribution is 2.44. The van der Waals surface area contributed by atoms with E-state index in [1.807, 2.05) is 28.9 Å². The van der Waals surface area contributed by atoms with Crippen molar-refractivity contribution in [2.45, 2.75) is 32.2 Å². The van der Waals surface area contributed by atoms with Crippen molar-refractivity contribution >= 4 is 5.69 Å². The van der Waals surface area contributed by atoms with Crippen molar-refractivity contribution in [1.82, 2.24) is 20.2 Å². The van der Waals surface area contributed by atoms with E-state index in [1.165, 1.54) is 12.8 Å². The first-order valence-corrected chi connectivity index (χ1v) is 6.24. The van der Waals surface area contributed by atoms with Crippen LogP contribution in [0.25, 0.3) is 11.4 Å². The van der Waals surface area contributed by atoms with Crippen LogP contribution in [0.2, 0.25) is 0 Å². The van der Waals surface area contributed by atoms with Crippen LogP contribution in [-0.2, 0) is 5.54 Å². The van der Waals surface area contributed by atoms with Gasteiger partial charge in [0.1, 0.15) is 0 Å². The van der Waals surface area contributed by atoms with E-state index >= 15 is 0 Å². The molecule has 2 aromatic rings. The van der Waals surface area contributed by atoms with Crippen LogP contribution in [-0.4, -0.2) is 20.2 Å². The minimum absolute atomic E-state index is 0.0383. The molecule has 1 aromatic carbocycles. The van der Waals surface area contributed by atoms with E-state index in [9.17, 15) is 0 Å². The zero-order valence-electron chi connectivity index (χ0n) is 10.7. The van der Waals surface area contributed by atoms with Crippen molar-refractivity contribution < 1.29 is 0 Å². The summed E-state index contributed by atoms with van der Waals surface area (Å²) in [7, 11) is 0. The Morgan fingerprint density at radius 3 is 2.78 bits per heavy atom. The second kappa shape index (κ2) is 3.80. The van der Waals surface area contributed by atoms with E-state index in [2.05, 4.69) is 29.4 Å². The minimum atomic E-state index is -0.0383. The molecule has 0 amide bonds. The van der Waals surface area contributed by atoms with Gasteiger partial charge in [-0.3, -0.25) is 0 Å². The molecule has 0 aliphatic heterocycles. The summed E-state index contributed by atoms with van der Waals surface area (Å²) < 4.78 is 1.93. The molecule has 2 N–H and O–H groups in total. The minimum Gasteiger partial charge on any atom is -0.399 e. The fourth-order valence-electron chi connectivity index (χ4n) is 2.40.